The van der Waals surface area contributed by atoms with Gasteiger partial charge in [-0.3, -0.25) is 9.59 Å². The number of alkyl carbamates (subject to hydrolysis) is 1. The number of benzene rings is 1. The molecule has 0 atom stereocenters. The zero-order valence-corrected chi connectivity index (χ0v) is 18.2. The molecule has 0 aromatic heterocycles. The summed E-state index contributed by atoms with van der Waals surface area (Å²) in [5, 5.41) is 3.00. The minimum Gasteiger partial charge on any atom is -0.427 e. The van der Waals surface area contributed by atoms with Crippen LogP contribution in [-0.2, 0) is 19.1 Å². The van der Waals surface area contributed by atoms with Crippen molar-refractivity contribution in [1.29, 1.82) is 0 Å². The third-order valence-electron chi connectivity index (χ3n) is 2.86. The first-order valence-electron chi connectivity index (χ1n) is 7.72. The van der Waals surface area contributed by atoms with Gasteiger partial charge in [-0.05, 0) is 51.5 Å². The summed E-state index contributed by atoms with van der Waals surface area (Å²) in [6.07, 6.45) is -0.224. The maximum absolute atomic E-state index is 11.6. The van der Waals surface area contributed by atoms with Gasteiger partial charge >= 0.3 is 47.6 Å². The molecule has 1 rings (SSSR count). The fourth-order valence-electron chi connectivity index (χ4n) is 1.51. The SMILES string of the molecule is CC(C)(C)C(=O)OCOC(=O)NCCCC(=O)Oc1ccc(Cl)cc1.[Na+]. The van der Waals surface area contributed by atoms with Gasteiger partial charge in [-0.15, -0.1) is 0 Å². The van der Waals surface area contributed by atoms with E-state index < -0.39 is 30.2 Å². The van der Waals surface area contributed by atoms with Gasteiger partial charge < -0.3 is 19.5 Å². The molecule has 0 radical (unpaired) electrons. The van der Waals surface area contributed by atoms with E-state index in [1.807, 2.05) is 0 Å². The van der Waals surface area contributed by atoms with Crippen molar-refractivity contribution >= 4 is 29.6 Å². The molecule has 7 nitrogen and oxygen atoms in total. The number of hydrogen-bond donors (Lipinski definition) is 1. The van der Waals surface area contributed by atoms with E-state index >= 15 is 0 Å². The molecule has 0 saturated carbocycles. The normalized spacial score (nSPS) is 10.3. The summed E-state index contributed by atoms with van der Waals surface area (Å²) in [6.45, 7) is 4.85. The van der Waals surface area contributed by atoms with E-state index in [1.165, 1.54) is 0 Å². The molecule has 0 fully saturated rings. The van der Waals surface area contributed by atoms with Crippen LogP contribution in [-0.4, -0.2) is 31.4 Å². The quantitative estimate of drug-likeness (QED) is 0.235. The number of nitrogens with one attached hydrogen (secondary N) is 1. The van der Waals surface area contributed by atoms with Gasteiger partial charge in [-0.2, -0.15) is 0 Å². The molecule has 0 aliphatic heterocycles. The second-order valence-corrected chi connectivity index (χ2v) is 6.63. The first kappa shape index (κ1) is 24.7. The zero-order valence-electron chi connectivity index (χ0n) is 15.5. The van der Waals surface area contributed by atoms with E-state index in [1.54, 1.807) is 45.0 Å². The molecular formula is C17H22ClNNaO6+. The number of amides is 1. The van der Waals surface area contributed by atoms with Gasteiger partial charge in [0.15, 0.2) is 0 Å². The molecule has 1 N–H and O–H groups in total. The number of esters is 2. The standard InChI is InChI=1S/C17H22ClNO6.Na/c1-17(2,3)15(21)23-11-24-16(22)19-10-4-5-14(20)25-13-8-6-12(18)7-9-13;/h6-9H,4-5,10-11H2,1-3H3,(H,19,22);/q;+1. The molecule has 1 amide bonds. The van der Waals surface area contributed by atoms with E-state index in [-0.39, 0.29) is 42.5 Å². The molecule has 138 valence electrons. The Labute approximate surface area is 180 Å². The van der Waals surface area contributed by atoms with Crippen LogP contribution in [0, 0.1) is 5.41 Å². The van der Waals surface area contributed by atoms with Crippen molar-refractivity contribution in [3.05, 3.63) is 29.3 Å². The zero-order chi connectivity index (χ0) is 18.9. The van der Waals surface area contributed by atoms with E-state index in [0.717, 1.165) is 0 Å². The summed E-state index contributed by atoms with van der Waals surface area (Å²) < 4.78 is 14.6. The Hall–Kier alpha value is -1.28. The van der Waals surface area contributed by atoms with E-state index in [2.05, 4.69) is 5.32 Å². The van der Waals surface area contributed by atoms with Gasteiger partial charge in [0.2, 0.25) is 6.79 Å². The van der Waals surface area contributed by atoms with Crippen molar-refractivity contribution in [1.82, 2.24) is 5.32 Å². The second kappa shape index (κ2) is 12.2. The summed E-state index contributed by atoms with van der Waals surface area (Å²) in [5.41, 5.74) is -0.662. The summed E-state index contributed by atoms with van der Waals surface area (Å²) >= 11 is 5.74. The Bertz CT molecular complexity index is 600. The minimum absolute atomic E-state index is 0. The average Bonchev–Trinajstić information content (AvgIpc) is 2.53. The fraction of sp³-hybridized carbons (Fsp3) is 0.471. The Morgan fingerprint density at radius 2 is 1.69 bits per heavy atom. The summed E-state index contributed by atoms with van der Waals surface area (Å²) in [4.78, 5) is 34.5. The van der Waals surface area contributed by atoms with Crippen molar-refractivity contribution in [3.8, 4) is 5.75 Å². The Morgan fingerprint density at radius 1 is 1.08 bits per heavy atom. The first-order valence-corrected chi connectivity index (χ1v) is 8.10. The molecule has 0 unspecified atom stereocenters. The van der Waals surface area contributed by atoms with Crippen molar-refractivity contribution in [2.45, 2.75) is 33.6 Å². The van der Waals surface area contributed by atoms with Crippen LogP contribution in [0.4, 0.5) is 4.79 Å². The third kappa shape index (κ3) is 10.7. The molecule has 0 spiro atoms. The predicted octanol–water partition coefficient (Wildman–Crippen LogP) is 0.303. The van der Waals surface area contributed by atoms with Crippen molar-refractivity contribution in [2.75, 3.05) is 13.3 Å². The summed E-state index contributed by atoms with van der Waals surface area (Å²) in [7, 11) is 0. The molecule has 26 heavy (non-hydrogen) atoms. The Kier molecular flexibility index (Phi) is 11.6. The molecule has 0 aliphatic carbocycles. The molecule has 0 aliphatic rings. The van der Waals surface area contributed by atoms with Crippen LogP contribution in [0.25, 0.3) is 0 Å². The number of rotatable bonds is 7. The fourth-order valence-corrected chi connectivity index (χ4v) is 1.64. The first-order chi connectivity index (χ1) is 11.7. The molecule has 1 aromatic carbocycles. The molecular weight excluding hydrogens is 373 g/mol. The summed E-state index contributed by atoms with van der Waals surface area (Å²) in [5.74, 6) is -0.482. The van der Waals surface area contributed by atoms with Gasteiger partial charge in [0.05, 0.1) is 5.41 Å². The number of ether oxygens (including phenoxy) is 3. The van der Waals surface area contributed by atoms with Crippen LogP contribution in [0.2, 0.25) is 5.02 Å². The van der Waals surface area contributed by atoms with E-state index in [4.69, 9.17) is 25.8 Å². The van der Waals surface area contributed by atoms with Gasteiger partial charge in [-0.1, -0.05) is 11.6 Å². The average molecular weight is 395 g/mol. The van der Waals surface area contributed by atoms with E-state index in [0.29, 0.717) is 17.2 Å². The maximum Gasteiger partial charge on any atom is 1.00 e. The van der Waals surface area contributed by atoms with Gasteiger partial charge in [0.25, 0.3) is 0 Å². The van der Waals surface area contributed by atoms with E-state index in [9.17, 15) is 14.4 Å². The molecule has 9 heteroatoms. The Balaban J connectivity index is 0.00000625. The maximum atomic E-state index is 11.6. The smallest absolute Gasteiger partial charge is 0.427 e. The number of carbonyl (C=O) groups is 3. The van der Waals surface area contributed by atoms with Crippen molar-refractivity contribution in [3.63, 3.8) is 0 Å². The number of carbonyl (C=O) groups excluding carboxylic acids is 3. The molecule has 0 saturated heterocycles. The topological polar surface area (TPSA) is 90.9 Å². The van der Waals surface area contributed by atoms with Gasteiger partial charge in [0.1, 0.15) is 5.75 Å². The predicted molar refractivity (Wildman–Crippen MR) is 91.2 cm³/mol. The number of halogens is 1. The van der Waals surface area contributed by atoms with Crippen LogP contribution < -0.4 is 39.6 Å². The monoisotopic (exact) mass is 394 g/mol. The molecule has 0 heterocycles. The van der Waals surface area contributed by atoms with Gasteiger partial charge in [-0.25, -0.2) is 4.79 Å². The Morgan fingerprint density at radius 3 is 2.27 bits per heavy atom. The van der Waals surface area contributed by atoms with Gasteiger partial charge in [0, 0.05) is 18.0 Å². The van der Waals surface area contributed by atoms with Crippen LogP contribution >= 0.6 is 11.6 Å². The number of hydrogen-bond acceptors (Lipinski definition) is 6. The van der Waals surface area contributed by atoms with Crippen LogP contribution in [0.1, 0.15) is 33.6 Å². The van der Waals surface area contributed by atoms with Crippen molar-refractivity contribution < 1.29 is 58.2 Å². The second-order valence-electron chi connectivity index (χ2n) is 6.19. The molecule has 1 aromatic rings. The van der Waals surface area contributed by atoms with Crippen LogP contribution in [0.3, 0.4) is 0 Å². The van der Waals surface area contributed by atoms with Crippen molar-refractivity contribution in [2.24, 2.45) is 5.41 Å². The largest absolute Gasteiger partial charge is 1.00 e. The summed E-state index contributed by atoms with van der Waals surface area (Å²) in [6, 6.07) is 6.42. The minimum atomic E-state index is -0.729. The van der Waals surface area contributed by atoms with Crippen LogP contribution in [0.15, 0.2) is 24.3 Å². The third-order valence-corrected chi connectivity index (χ3v) is 3.12. The van der Waals surface area contributed by atoms with Crippen LogP contribution in [0.5, 0.6) is 5.75 Å². The molecule has 0 bridgehead atoms.